The molecule has 0 bridgehead atoms. The van der Waals surface area contributed by atoms with E-state index in [9.17, 15) is 17.6 Å². The zero-order valence-electron chi connectivity index (χ0n) is 10.2. The minimum Gasteiger partial charge on any atom is -0.320 e. The Morgan fingerprint density at radius 2 is 1.45 bits per heavy atom. The summed E-state index contributed by atoms with van der Waals surface area (Å²) in [7, 11) is 0. The predicted molar refractivity (Wildman–Crippen MR) is 71.1 cm³/mol. The van der Waals surface area contributed by atoms with E-state index in [0.717, 1.165) is 12.1 Å². The molecule has 2 N–H and O–H groups in total. The van der Waals surface area contributed by atoms with Crippen molar-refractivity contribution in [3.8, 4) is 0 Å². The molecule has 0 aromatic heterocycles. The molecule has 0 radical (unpaired) electrons. The summed E-state index contributed by atoms with van der Waals surface area (Å²) in [5, 5.41) is 0. The van der Waals surface area contributed by atoms with E-state index in [-0.39, 0.29) is 12.4 Å². The minimum absolute atomic E-state index is 0. The van der Waals surface area contributed by atoms with Crippen LogP contribution < -0.4 is 5.73 Å². The molecule has 20 heavy (non-hydrogen) atoms. The van der Waals surface area contributed by atoms with Crippen molar-refractivity contribution >= 4 is 12.4 Å². The van der Waals surface area contributed by atoms with Crippen molar-refractivity contribution in [3.05, 3.63) is 71.0 Å². The van der Waals surface area contributed by atoms with Crippen LogP contribution in [0.15, 0.2) is 48.5 Å². The highest BCUT2D eigenvalue weighted by Gasteiger charge is 2.30. The van der Waals surface area contributed by atoms with Crippen LogP contribution in [0.25, 0.3) is 0 Å². The van der Waals surface area contributed by atoms with E-state index in [1.807, 2.05) is 0 Å². The fraction of sp³-hybridized carbons (Fsp3) is 0.143. The van der Waals surface area contributed by atoms with Gasteiger partial charge in [-0.1, -0.05) is 24.3 Å². The predicted octanol–water partition coefficient (Wildman–Crippen LogP) is 4.31. The van der Waals surface area contributed by atoms with E-state index in [1.54, 1.807) is 6.07 Å². The summed E-state index contributed by atoms with van der Waals surface area (Å²) in [6.45, 7) is 0. The van der Waals surface area contributed by atoms with Crippen LogP contribution in [-0.4, -0.2) is 0 Å². The molecule has 2 aromatic rings. The Labute approximate surface area is 119 Å². The van der Waals surface area contributed by atoms with E-state index >= 15 is 0 Å². The van der Waals surface area contributed by atoms with Crippen LogP contribution in [0.1, 0.15) is 22.7 Å². The standard InChI is InChI=1S/C14H11F4N.ClH/c15-12-6-2-4-10(8-12)13(19)9-3-1-5-11(7-9)14(16,17)18;/h1-8,13H,19H2;1H. The maximum Gasteiger partial charge on any atom is 0.416 e. The highest BCUT2D eigenvalue weighted by Crippen LogP contribution is 2.31. The van der Waals surface area contributed by atoms with Crippen molar-refractivity contribution in [2.24, 2.45) is 5.73 Å². The molecule has 6 heteroatoms. The van der Waals surface area contributed by atoms with E-state index in [4.69, 9.17) is 5.73 Å². The van der Waals surface area contributed by atoms with Gasteiger partial charge in [0.2, 0.25) is 0 Å². The lowest BCUT2D eigenvalue weighted by molar-refractivity contribution is -0.137. The zero-order valence-corrected chi connectivity index (χ0v) is 11.0. The molecule has 0 saturated heterocycles. The fourth-order valence-electron chi connectivity index (χ4n) is 1.80. The van der Waals surface area contributed by atoms with E-state index in [1.165, 1.54) is 30.3 Å². The lowest BCUT2D eigenvalue weighted by Gasteiger charge is -2.15. The molecule has 0 fully saturated rings. The first kappa shape index (κ1) is 16.5. The molecule has 0 heterocycles. The van der Waals surface area contributed by atoms with Gasteiger partial charge in [0.05, 0.1) is 11.6 Å². The van der Waals surface area contributed by atoms with Gasteiger partial charge in [-0.2, -0.15) is 13.2 Å². The van der Waals surface area contributed by atoms with Gasteiger partial charge in [0, 0.05) is 0 Å². The summed E-state index contributed by atoms with van der Waals surface area (Å²) in [6, 6.07) is 9.46. The van der Waals surface area contributed by atoms with Crippen LogP contribution in [0, 0.1) is 5.82 Å². The number of hydrogen-bond donors (Lipinski definition) is 1. The maximum atomic E-state index is 13.1. The third-order valence-electron chi connectivity index (χ3n) is 2.78. The van der Waals surface area contributed by atoms with Gasteiger partial charge in [0.1, 0.15) is 5.82 Å². The average molecular weight is 306 g/mol. The van der Waals surface area contributed by atoms with Crippen molar-refractivity contribution < 1.29 is 17.6 Å². The third-order valence-corrected chi connectivity index (χ3v) is 2.78. The molecule has 0 aliphatic carbocycles. The zero-order chi connectivity index (χ0) is 14.0. The van der Waals surface area contributed by atoms with Crippen molar-refractivity contribution in [2.75, 3.05) is 0 Å². The van der Waals surface area contributed by atoms with Crippen LogP contribution in [0.5, 0.6) is 0 Å². The Hall–Kier alpha value is -1.59. The SMILES string of the molecule is Cl.NC(c1cccc(F)c1)c1cccc(C(F)(F)F)c1. The highest BCUT2D eigenvalue weighted by atomic mass is 35.5. The second-order valence-corrected chi connectivity index (χ2v) is 4.16. The molecular formula is C14H12ClF4N. The number of hydrogen-bond acceptors (Lipinski definition) is 1. The number of halogens is 5. The van der Waals surface area contributed by atoms with Gasteiger partial charge in [-0.3, -0.25) is 0 Å². The Bertz CT molecular complexity index is 583. The molecule has 2 rings (SSSR count). The minimum atomic E-state index is -4.42. The molecular weight excluding hydrogens is 294 g/mol. The van der Waals surface area contributed by atoms with E-state index in [2.05, 4.69) is 0 Å². The molecule has 0 aliphatic rings. The lowest BCUT2D eigenvalue weighted by Crippen LogP contribution is -2.14. The summed E-state index contributed by atoms with van der Waals surface area (Å²) in [5.41, 5.74) is 5.82. The van der Waals surface area contributed by atoms with Crippen LogP contribution in [0.3, 0.4) is 0 Å². The number of rotatable bonds is 2. The second kappa shape index (κ2) is 6.24. The van der Waals surface area contributed by atoms with Gasteiger partial charge in [0.25, 0.3) is 0 Å². The maximum absolute atomic E-state index is 13.1. The van der Waals surface area contributed by atoms with Gasteiger partial charge in [-0.25, -0.2) is 4.39 Å². The van der Waals surface area contributed by atoms with Crippen LogP contribution in [0.4, 0.5) is 17.6 Å². The molecule has 1 atom stereocenters. The molecule has 108 valence electrons. The largest absolute Gasteiger partial charge is 0.416 e. The molecule has 0 saturated carbocycles. The third kappa shape index (κ3) is 3.71. The van der Waals surface area contributed by atoms with Gasteiger partial charge >= 0.3 is 6.18 Å². The van der Waals surface area contributed by atoms with Crippen molar-refractivity contribution in [3.63, 3.8) is 0 Å². The molecule has 1 unspecified atom stereocenters. The Kier molecular flexibility index (Phi) is 5.14. The van der Waals surface area contributed by atoms with Gasteiger partial charge < -0.3 is 5.73 Å². The first-order valence-electron chi connectivity index (χ1n) is 5.56. The Balaban J connectivity index is 0.00000200. The Morgan fingerprint density at radius 1 is 0.900 bits per heavy atom. The summed E-state index contributed by atoms with van der Waals surface area (Å²) >= 11 is 0. The first-order chi connectivity index (χ1) is 8.88. The normalized spacial score (nSPS) is 12.7. The van der Waals surface area contributed by atoms with Crippen LogP contribution >= 0.6 is 12.4 Å². The monoisotopic (exact) mass is 305 g/mol. The summed E-state index contributed by atoms with van der Waals surface area (Å²) in [6.07, 6.45) is -4.42. The van der Waals surface area contributed by atoms with Crippen molar-refractivity contribution in [2.45, 2.75) is 12.2 Å². The molecule has 1 nitrogen and oxygen atoms in total. The fourth-order valence-corrected chi connectivity index (χ4v) is 1.80. The summed E-state index contributed by atoms with van der Waals surface area (Å²) in [5.74, 6) is -0.472. The number of benzene rings is 2. The van der Waals surface area contributed by atoms with E-state index in [0.29, 0.717) is 11.1 Å². The number of nitrogens with two attached hydrogens (primary N) is 1. The second-order valence-electron chi connectivity index (χ2n) is 4.16. The highest BCUT2D eigenvalue weighted by molar-refractivity contribution is 5.85. The first-order valence-corrected chi connectivity index (χ1v) is 5.56. The van der Waals surface area contributed by atoms with Crippen molar-refractivity contribution in [1.82, 2.24) is 0 Å². The van der Waals surface area contributed by atoms with E-state index < -0.39 is 23.6 Å². The summed E-state index contributed by atoms with van der Waals surface area (Å²) < 4.78 is 50.9. The average Bonchev–Trinajstić information content (AvgIpc) is 2.37. The van der Waals surface area contributed by atoms with Gasteiger partial charge in [-0.05, 0) is 35.4 Å². The Morgan fingerprint density at radius 3 is 2.00 bits per heavy atom. The van der Waals surface area contributed by atoms with Crippen molar-refractivity contribution in [1.29, 1.82) is 0 Å². The molecule has 0 aliphatic heterocycles. The topological polar surface area (TPSA) is 26.0 Å². The van der Waals surface area contributed by atoms with Crippen LogP contribution in [0.2, 0.25) is 0 Å². The van der Waals surface area contributed by atoms with Gasteiger partial charge in [0.15, 0.2) is 0 Å². The quantitative estimate of drug-likeness (QED) is 0.822. The molecule has 2 aromatic carbocycles. The van der Waals surface area contributed by atoms with Crippen LogP contribution in [-0.2, 0) is 6.18 Å². The number of alkyl halides is 3. The van der Waals surface area contributed by atoms with Gasteiger partial charge in [-0.15, -0.1) is 12.4 Å². The lowest BCUT2D eigenvalue weighted by atomic mass is 9.98. The molecule has 0 spiro atoms. The smallest absolute Gasteiger partial charge is 0.320 e. The molecule has 0 amide bonds. The summed E-state index contributed by atoms with van der Waals surface area (Å²) in [4.78, 5) is 0.